The van der Waals surface area contributed by atoms with Crippen LogP contribution in [0.2, 0.25) is 10.0 Å². The molecule has 1 aromatic carbocycles. The normalized spacial score (nSPS) is 10.7. The van der Waals surface area contributed by atoms with Gasteiger partial charge in [0.05, 0.1) is 33.7 Å². The van der Waals surface area contributed by atoms with Gasteiger partial charge in [-0.3, -0.25) is 14.9 Å². The van der Waals surface area contributed by atoms with Crippen molar-refractivity contribution in [1.82, 2.24) is 5.32 Å². The van der Waals surface area contributed by atoms with Crippen LogP contribution in [-0.2, 0) is 16.1 Å². The van der Waals surface area contributed by atoms with Gasteiger partial charge in [-0.1, -0.05) is 37.0 Å². The SMILES string of the molecule is CC(C)COC(=O)CNCc1c([N+](=O)[O-])ccc(Cl)c1Cl. The number of benzene rings is 1. The van der Waals surface area contributed by atoms with E-state index in [1.165, 1.54) is 12.1 Å². The summed E-state index contributed by atoms with van der Waals surface area (Å²) < 4.78 is 4.98. The average Bonchev–Trinajstić information content (AvgIpc) is 2.40. The fourth-order valence-corrected chi connectivity index (χ4v) is 1.93. The Kier molecular flexibility index (Phi) is 6.87. The molecule has 0 aromatic heterocycles. The summed E-state index contributed by atoms with van der Waals surface area (Å²) in [6.07, 6.45) is 0. The molecule has 116 valence electrons. The summed E-state index contributed by atoms with van der Waals surface area (Å²) in [5.41, 5.74) is 0.0956. The third kappa shape index (κ3) is 5.49. The van der Waals surface area contributed by atoms with Crippen molar-refractivity contribution in [2.45, 2.75) is 20.4 Å². The van der Waals surface area contributed by atoms with Gasteiger partial charge in [0.15, 0.2) is 0 Å². The van der Waals surface area contributed by atoms with E-state index in [1.807, 2.05) is 13.8 Å². The number of nitro benzene ring substituents is 1. The number of carbonyl (C=O) groups is 1. The predicted octanol–water partition coefficient (Wildman–Crippen LogP) is 3.19. The molecule has 1 rings (SSSR count). The van der Waals surface area contributed by atoms with Gasteiger partial charge < -0.3 is 10.1 Å². The van der Waals surface area contributed by atoms with Crippen LogP contribution in [0.1, 0.15) is 19.4 Å². The number of nitrogens with zero attached hydrogens (tertiary/aromatic N) is 1. The molecule has 0 heterocycles. The molecule has 0 atom stereocenters. The van der Waals surface area contributed by atoms with Gasteiger partial charge in [0.1, 0.15) is 0 Å². The van der Waals surface area contributed by atoms with Gasteiger partial charge in [-0.25, -0.2) is 0 Å². The Morgan fingerprint density at radius 2 is 2.10 bits per heavy atom. The zero-order valence-corrected chi connectivity index (χ0v) is 13.2. The van der Waals surface area contributed by atoms with Crippen molar-refractivity contribution < 1.29 is 14.5 Å². The highest BCUT2D eigenvalue weighted by Crippen LogP contribution is 2.32. The maximum absolute atomic E-state index is 11.4. The summed E-state index contributed by atoms with van der Waals surface area (Å²) in [6, 6.07) is 2.64. The van der Waals surface area contributed by atoms with Crippen LogP contribution in [0.5, 0.6) is 0 Å². The minimum Gasteiger partial charge on any atom is -0.464 e. The number of rotatable bonds is 7. The molecule has 0 aliphatic rings. The number of hydrogen-bond acceptors (Lipinski definition) is 5. The lowest BCUT2D eigenvalue weighted by molar-refractivity contribution is -0.385. The number of carbonyl (C=O) groups excluding carboxylic acids is 1. The van der Waals surface area contributed by atoms with Gasteiger partial charge in [-0.2, -0.15) is 0 Å². The van der Waals surface area contributed by atoms with Crippen LogP contribution in [0.4, 0.5) is 5.69 Å². The van der Waals surface area contributed by atoms with Crippen LogP contribution in [0.25, 0.3) is 0 Å². The Labute approximate surface area is 132 Å². The van der Waals surface area contributed by atoms with Gasteiger partial charge in [-0.15, -0.1) is 0 Å². The number of nitro groups is 1. The summed E-state index contributed by atoms with van der Waals surface area (Å²) in [7, 11) is 0. The first-order chi connectivity index (χ1) is 9.82. The molecule has 8 heteroatoms. The lowest BCUT2D eigenvalue weighted by atomic mass is 10.2. The van der Waals surface area contributed by atoms with Crippen LogP contribution in [0.3, 0.4) is 0 Å². The number of halogens is 2. The van der Waals surface area contributed by atoms with Crippen LogP contribution < -0.4 is 5.32 Å². The van der Waals surface area contributed by atoms with Crippen molar-refractivity contribution in [2.75, 3.05) is 13.2 Å². The van der Waals surface area contributed by atoms with E-state index in [0.29, 0.717) is 6.61 Å². The summed E-state index contributed by atoms with van der Waals surface area (Å²) in [6.45, 7) is 4.17. The molecular formula is C13H16Cl2N2O4. The smallest absolute Gasteiger partial charge is 0.319 e. The Hall–Kier alpha value is -1.37. The first-order valence-electron chi connectivity index (χ1n) is 6.30. The van der Waals surface area contributed by atoms with Gasteiger partial charge in [-0.05, 0) is 12.0 Å². The molecule has 0 aliphatic carbocycles. The first kappa shape index (κ1) is 17.7. The minimum atomic E-state index is -0.545. The van der Waals surface area contributed by atoms with E-state index in [9.17, 15) is 14.9 Å². The lowest BCUT2D eigenvalue weighted by Crippen LogP contribution is -2.25. The molecule has 0 radical (unpaired) electrons. The molecule has 0 bridgehead atoms. The second-order valence-corrected chi connectivity index (χ2v) is 5.58. The topological polar surface area (TPSA) is 81.5 Å². The van der Waals surface area contributed by atoms with Crippen molar-refractivity contribution in [1.29, 1.82) is 0 Å². The number of ether oxygens (including phenoxy) is 1. The minimum absolute atomic E-state index is 0.0481. The Bertz CT molecular complexity index is 535. The first-order valence-corrected chi connectivity index (χ1v) is 7.06. The summed E-state index contributed by atoms with van der Waals surface area (Å²) in [5.74, 6) is -0.179. The van der Waals surface area contributed by atoms with E-state index < -0.39 is 10.9 Å². The van der Waals surface area contributed by atoms with E-state index in [2.05, 4.69) is 5.32 Å². The summed E-state index contributed by atoms with van der Waals surface area (Å²) >= 11 is 11.8. The molecular weight excluding hydrogens is 319 g/mol. The molecule has 1 N–H and O–H groups in total. The highest BCUT2D eigenvalue weighted by Gasteiger charge is 2.19. The molecule has 21 heavy (non-hydrogen) atoms. The third-order valence-electron chi connectivity index (χ3n) is 2.52. The highest BCUT2D eigenvalue weighted by molar-refractivity contribution is 6.42. The molecule has 0 spiro atoms. The number of nitrogens with one attached hydrogen (secondary N) is 1. The summed E-state index contributed by atoms with van der Waals surface area (Å²) in [4.78, 5) is 21.8. The Morgan fingerprint density at radius 3 is 2.67 bits per heavy atom. The zero-order valence-electron chi connectivity index (χ0n) is 11.7. The molecule has 6 nitrogen and oxygen atoms in total. The predicted molar refractivity (Wildman–Crippen MR) is 80.6 cm³/mol. The molecule has 0 fully saturated rings. The molecule has 0 unspecified atom stereocenters. The van der Waals surface area contributed by atoms with Crippen LogP contribution >= 0.6 is 23.2 Å². The van der Waals surface area contributed by atoms with E-state index in [-0.39, 0.29) is 40.3 Å². The number of esters is 1. The van der Waals surface area contributed by atoms with E-state index >= 15 is 0 Å². The van der Waals surface area contributed by atoms with Crippen molar-refractivity contribution in [3.8, 4) is 0 Å². The van der Waals surface area contributed by atoms with E-state index in [0.717, 1.165) is 0 Å². The molecule has 0 amide bonds. The van der Waals surface area contributed by atoms with Crippen molar-refractivity contribution in [2.24, 2.45) is 5.92 Å². The van der Waals surface area contributed by atoms with Gasteiger partial charge >= 0.3 is 5.97 Å². The van der Waals surface area contributed by atoms with Crippen LogP contribution in [-0.4, -0.2) is 24.0 Å². The highest BCUT2D eigenvalue weighted by atomic mass is 35.5. The molecule has 0 aliphatic heterocycles. The Morgan fingerprint density at radius 1 is 1.43 bits per heavy atom. The molecule has 0 saturated heterocycles. The van der Waals surface area contributed by atoms with Crippen molar-refractivity contribution in [3.63, 3.8) is 0 Å². The summed E-state index contributed by atoms with van der Waals surface area (Å²) in [5, 5.41) is 14.0. The van der Waals surface area contributed by atoms with Crippen molar-refractivity contribution >= 4 is 34.9 Å². The van der Waals surface area contributed by atoms with E-state index in [1.54, 1.807) is 0 Å². The maximum atomic E-state index is 11.4. The van der Waals surface area contributed by atoms with Crippen LogP contribution in [0.15, 0.2) is 12.1 Å². The third-order valence-corrected chi connectivity index (χ3v) is 3.36. The van der Waals surface area contributed by atoms with Gasteiger partial charge in [0.2, 0.25) is 0 Å². The van der Waals surface area contributed by atoms with Crippen LogP contribution in [0, 0.1) is 16.0 Å². The molecule has 1 aromatic rings. The second-order valence-electron chi connectivity index (χ2n) is 4.80. The fraction of sp³-hybridized carbons (Fsp3) is 0.462. The quantitative estimate of drug-likeness (QED) is 0.470. The fourth-order valence-electron chi connectivity index (χ4n) is 1.52. The van der Waals surface area contributed by atoms with E-state index in [4.69, 9.17) is 27.9 Å². The standard InChI is InChI=1S/C13H16Cl2N2O4/c1-8(2)7-21-12(18)6-16-5-9-11(17(19)20)4-3-10(14)13(9)15/h3-4,8,16H,5-7H2,1-2H3. The zero-order chi connectivity index (χ0) is 16.0. The maximum Gasteiger partial charge on any atom is 0.319 e. The van der Waals surface area contributed by atoms with Crippen molar-refractivity contribution in [3.05, 3.63) is 37.9 Å². The monoisotopic (exact) mass is 334 g/mol. The van der Waals surface area contributed by atoms with Gasteiger partial charge in [0, 0.05) is 12.6 Å². The van der Waals surface area contributed by atoms with Gasteiger partial charge in [0.25, 0.3) is 5.69 Å². The molecule has 0 saturated carbocycles. The lowest BCUT2D eigenvalue weighted by Gasteiger charge is -2.10. The Balaban J connectivity index is 2.65. The second kappa shape index (κ2) is 8.17. The average molecular weight is 335 g/mol. The number of hydrogen-bond donors (Lipinski definition) is 1. The largest absolute Gasteiger partial charge is 0.464 e.